The lowest BCUT2D eigenvalue weighted by Crippen LogP contribution is -2.48. The minimum Gasteiger partial charge on any atom is -0.494 e. The first kappa shape index (κ1) is 38.4. The van der Waals surface area contributed by atoms with Crippen molar-refractivity contribution in [1.82, 2.24) is 0 Å². The number of unbranched alkanes of at least 4 members (excludes halogenated alkanes) is 6. The molecule has 0 aliphatic heterocycles. The van der Waals surface area contributed by atoms with Gasteiger partial charge in [0.25, 0.3) is 0 Å². The minimum absolute atomic E-state index is 0.335. The van der Waals surface area contributed by atoms with Gasteiger partial charge in [-0.05, 0) is 78.1 Å². The molecule has 0 heterocycles. The summed E-state index contributed by atoms with van der Waals surface area (Å²) in [6.45, 7) is 13.3. The molecular formula is C44H60O3Si2. The van der Waals surface area contributed by atoms with E-state index in [1.165, 1.54) is 67.8 Å². The maximum Gasteiger partial charge on any atom is 0.336 e. The van der Waals surface area contributed by atoms with Crippen LogP contribution in [0.25, 0.3) is 11.1 Å². The molecule has 0 atom stereocenters. The van der Waals surface area contributed by atoms with Crippen LogP contribution >= 0.6 is 0 Å². The van der Waals surface area contributed by atoms with Crippen molar-refractivity contribution in [2.75, 3.05) is 6.61 Å². The van der Waals surface area contributed by atoms with E-state index in [1.54, 1.807) is 11.3 Å². The lowest BCUT2D eigenvalue weighted by Gasteiger charge is -2.32. The van der Waals surface area contributed by atoms with Gasteiger partial charge in [-0.3, -0.25) is 0 Å². The predicted octanol–water partition coefficient (Wildman–Crippen LogP) is 11.8. The molecule has 0 fully saturated rings. The highest BCUT2D eigenvalue weighted by Crippen LogP contribution is 2.29. The van der Waals surface area contributed by atoms with Gasteiger partial charge in [-0.2, -0.15) is 0 Å². The van der Waals surface area contributed by atoms with Crippen LogP contribution in [0.15, 0.2) is 97.1 Å². The van der Waals surface area contributed by atoms with Gasteiger partial charge in [-0.1, -0.05) is 167 Å². The van der Waals surface area contributed by atoms with Gasteiger partial charge < -0.3 is 9.84 Å². The van der Waals surface area contributed by atoms with E-state index in [0.29, 0.717) is 5.56 Å². The molecule has 0 saturated heterocycles. The molecule has 4 aromatic carbocycles. The first-order chi connectivity index (χ1) is 23.6. The quantitative estimate of drug-likeness (QED) is 0.0698. The van der Waals surface area contributed by atoms with Crippen molar-refractivity contribution in [2.24, 2.45) is 0 Å². The second-order valence-electron chi connectivity index (χ2n) is 15.4. The molecule has 0 aromatic heterocycles. The van der Waals surface area contributed by atoms with E-state index in [-0.39, 0.29) is 0 Å². The van der Waals surface area contributed by atoms with E-state index in [1.807, 2.05) is 30.3 Å². The molecule has 4 rings (SSSR count). The van der Waals surface area contributed by atoms with Crippen molar-refractivity contribution in [3.05, 3.63) is 119 Å². The number of aryl methyl sites for hydroxylation is 3. The molecule has 0 aliphatic carbocycles. The summed E-state index contributed by atoms with van der Waals surface area (Å²) >= 11 is 0. The summed E-state index contributed by atoms with van der Waals surface area (Å²) in [5, 5.41) is 11.5. The topological polar surface area (TPSA) is 46.5 Å². The molecule has 0 unspecified atom stereocenters. The molecule has 49 heavy (non-hydrogen) atoms. The standard InChI is InChI=1S/C44H60O3Si2/c1-6-7-8-9-10-15-32-47-40-29-27-39(28-30-40)43-34-38(26-31-42(43)44(45)46)25-24-37-22-20-36(21-23-37)17-14-16-33-48(2,3)35-49(4,5)41-18-12-11-13-19-41/h11-13,18-23,26-31,34H,6-10,14-17,24-25,32-33,35H2,1-5H3,(H,45,46). The van der Waals surface area contributed by atoms with E-state index in [9.17, 15) is 9.90 Å². The molecule has 1 N–H and O–H groups in total. The van der Waals surface area contributed by atoms with Gasteiger partial charge in [-0.25, -0.2) is 4.79 Å². The van der Waals surface area contributed by atoms with Crippen LogP contribution < -0.4 is 9.92 Å². The van der Waals surface area contributed by atoms with Gasteiger partial charge in [0, 0.05) is 8.07 Å². The number of carboxylic acid groups (broad SMARTS) is 1. The minimum atomic E-state index is -1.39. The number of ether oxygens (including phenoxy) is 1. The zero-order valence-electron chi connectivity index (χ0n) is 30.9. The Morgan fingerprint density at radius 3 is 1.94 bits per heavy atom. The highest BCUT2D eigenvalue weighted by atomic mass is 28.4. The summed E-state index contributed by atoms with van der Waals surface area (Å²) in [6, 6.07) is 35.5. The SMILES string of the molecule is CCCCCCCCOc1ccc(-c2cc(CCc3ccc(CCCC[Si](C)(C)C[Si](C)(C)c4ccccc4)cc3)ccc2C(=O)O)cc1. The van der Waals surface area contributed by atoms with E-state index >= 15 is 0 Å². The largest absolute Gasteiger partial charge is 0.494 e. The molecule has 0 radical (unpaired) electrons. The van der Waals surface area contributed by atoms with Crippen molar-refractivity contribution < 1.29 is 14.6 Å². The van der Waals surface area contributed by atoms with Crippen LogP contribution in [0.1, 0.15) is 85.3 Å². The van der Waals surface area contributed by atoms with Crippen molar-refractivity contribution in [3.63, 3.8) is 0 Å². The summed E-state index contributed by atoms with van der Waals surface area (Å²) in [5.41, 5.74) is 7.36. The molecule has 0 aliphatic rings. The Hall–Kier alpha value is -3.42. The number of aromatic carboxylic acids is 1. The maximum atomic E-state index is 12.1. The van der Waals surface area contributed by atoms with Gasteiger partial charge in [0.2, 0.25) is 0 Å². The lowest BCUT2D eigenvalue weighted by atomic mass is 9.94. The Labute approximate surface area is 299 Å². The van der Waals surface area contributed by atoms with E-state index in [4.69, 9.17) is 4.74 Å². The molecule has 0 spiro atoms. The summed E-state index contributed by atoms with van der Waals surface area (Å²) in [7, 11) is -2.62. The Balaban J connectivity index is 1.24. The van der Waals surface area contributed by atoms with Crippen LogP contribution in [0.4, 0.5) is 0 Å². The van der Waals surface area contributed by atoms with Crippen LogP contribution in [0.3, 0.4) is 0 Å². The van der Waals surface area contributed by atoms with Gasteiger partial charge in [0.05, 0.1) is 20.2 Å². The second-order valence-corrected chi connectivity index (χ2v) is 26.0. The molecule has 0 amide bonds. The van der Waals surface area contributed by atoms with Crippen LogP contribution in [0, 0.1) is 0 Å². The average molecular weight is 693 g/mol. The van der Waals surface area contributed by atoms with Crippen LogP contribution in [-0.2, 0) is 19.3 Å². The number of hydrogen-bond acceptors (Lipinski definition) is 2. The molecule has 262 valence electrons. The van der Waals surface area contributed by atoms with Crippen molar-refractivity contribution in [2.45, 2.75) is 115 Å². The molecule has 4 aromatic rings. The van der Waals surface area contributed by atoms with Gasteiger partial charge >= 0.3 is 5.97 Å². The van der Waals surface area contributed by atoms with E-state index in [2.05, 4.69) is 93.8 Å². The average Bonchev–Trinajstić information content (AvgIpc) is 3.09. The smallest absolute Gasteiger partial charge is 0.336 e. The maximum absolute atomic E-state index is 12.1. The van der Waals surface area contributed by atoms with Crippen LogP contribution in [0.2, 0.25) is 37.9 Å². The number of carboxylic acids is 1. The fraction of sp³-hybridized carbons (Fsp3) is 0.432. The Morgan fingerprint density at radius 2 is 1.27 bits per heavy atom. The third-order valence-electron chi connectivity index (χ3n) is 10.0. The number of benzene rings is 4. The molecule has 0 bridgehead atoms. The molecule has 0 saturated carbocycles. The van der Waals surface area contributed by atoms with Gasteiger partial charge in [0.15, 0.2) is 0 Å². The zero-order valence-corrected chi connectivity index (χ0v) is 32.9. The molecular weight excluding hydrogens is 633 g/mol. The highest BCUT2D eigenvalue weighted by molar-refractivity contribution is 7.01. The van der Waals surface area contributed by atoms with Gasteiger partial charge in [-0.15, -0.1) is 0 Å². The first-order valence-electron chi connectivity index (χ1n) is 18.8. The van der Waals surface area contributed by atoms with Crippen molar-refractivity contribution >= 4 is 27.3 Å². The Morgan fingerprint density at radius 1 is 0.653 bits per heavy atom. The van der Waals surface area contributed by atoms with Crippen molar-refractivity contribution in [3.8, 4) is 16.9 Å². The van der Waals surface area contributed by atoms with Crippen LogP contribution in [-0.4, -0.2) is 33.8 Å². The Kier molecular flexibility index (Phi) is 15.0. The summed E-state index contributed by atoms with van der Waals surface area (Å²) in [5.74, 6) is -0.0619. The Bertz CT molecular complexity index is 1560. The molecule has 3 nitrogen and oxygen atoms in total. The predicted molar refractivity (Wildman–Crippen MR) is 215 cm³/mol. The summed E-state index contributed by atoms with van der Waals surface area (Å²) < 4.78 is 5.96. The monoisotopic (exact) mass is 692 g/mol. The zero-order chi connectivity index (χ0) is 35.1. The lowest BCUT2D eigenvalue weighted by molar-refractivity contribution is 0.0697. The van der Waals surface area contributed by atoms with E-state index in [0.717, 1.165) is 54.7 Å². The summed E-state index contributed by atoms with van der Waals surface area (Å²) in [6.07, 6.45) is 12.9. The normalized spacial score (nSPS) is 11.9. The third-order valence-corrected chi connectivity index (χ3v) is 21.0. The van der Waals surface area contributed by atoms with Crippen LogP contribution in [0.5, 0.6) is 5.75 Å². The third kappa shape index (κ3) is 12.8. The number of rotatable bonds is 21. The number of hydrogen-bond donors (Lipinski definition) is 1. The fourth-order valence-electron chi connectivity index (χ4n) is 7.35. The highest BCUT2D eigenvalue weighted by Gasteiger charge is 2.32. The number of carbonyl (C=O) groups is 1. The second kappa shape index (κ2) is 19.1. The van der Waals surface area contributed by atoms with Crippen molar-refractivity contribution in [1.29, 1.82) is 0 Å². The fourth-order valence-corrected chi connectivity index (χ4v) is 20.7. The molecule has 5 heteroatoms. The summed E-state index contributed by atoms with van der Waals surface area (Å²) in [4.78, 5) is 12.1. The van der Waals surface area contributed by atoms with Gasteiger partial charge in [0.1, 0.15) is 5.75 Å². The van der Waals surface area contributed by atoms with E-state index < -0.39 is 22.1 Å². The first-order valence-corrected chi connectivity index (χ1v) is 25.4.